The predicted molar refractivity (Wildman–Crippen MR) is 295 cm³/mol. The van der Waals surface area contributed by atoms with Crippen molar-refractivity contribution in [3.63, 3.8) is 0 Å². The van der Waals surface area contributed by atoms with E-state index in [2.05, 4.69) is 0 Å². The van der Waals surface area contributed by atoms with Crippen LogP contribution >= 0.6 is 0 Å². The first kappa shape index (κ1) is 66.1. The van der Waals surface area contributed by atoms with Crippen molar-refractivity contribution in [3.8, 4) is 0 Å². The Morgan fingerprint density at radius 3 is 1.63 bits per heavy atom. The van der Waals surface area contributed by atoms with Crippen LogP contribution in [-0.4, -0.2) is 172 Å². The van der Waals surface area contributed by atoms with Crippen LogP contribution in [0.15, 0.2) is 104 Å². The summed E-state index contributed by atoms with van der Waals surface area (Å²) in [5.74, 6) is -1.74. The first-order valence-corrected chi connectivity index (χ1v) is 33.1. The molecule has 0 radical (unpaired) electrons. The van der Waals surface area contributed by atoms with Gasteiger partial charge in [-0.05, 0) is 117 Å². The topological polar surface area (TPSA) is 373 Å². The van der Waals surface area contributed by atoms with Gasteiger partial charge in [-0.2, -0.15) is 13.0 Å². The number of nitrogens with zero attached hydrogens (tertiary/aromatic N) is 2. The lowest BCUT2D eigenvalue weighted by atomic mass is 9.74. The van der Waals surface area contributed by atoms with E-state index in [1.54, 1.807) is 55.1 Å². The molecule has 0 aromatic heterocycles. The van der Waals surface area contributed by atoms with E-state index in [9.17, 15) is 74.8 Å². The van der Waals surface area contributed by atoms with Crippen molar-refractivity contribution < 1.29 is 103 Å². The maximum atomic E-state index is 12.7. The van der Waals surface area contributed by atoms with Crippen LogP contribution in [0, 0.1) is 0 Å². The van der Waals surface area contributed by atoms with Crippen molar-refractivity contribution in [1.29, 1.82) is 0 Å². The number of anilines is 1. The Morgan fingerprint density at radius 2 is 1.13 bits per heavy atom. The number of benzene rings is 4. The van der Waals surface area contributed by atoms with E-state index in [-0.39, 0.29) is 85.8 Å². The van der Waals surface area contributed by atoms with Gasteiger partial charge in [0.1, 0.15) is 47.0 Å². The largest absolute Gasteiger partial charge is 0.744 e. The van der Waals surface area contributed by atoms with Gasteiger partial charge in [0.25, 0.3) is 10.1 Å². The molecule has 0 aliphatic carbocycles. The minimum absolute atomic E-state index is 0.0190. The van der Waals surface area contributed by atoms with Crippen molar-refractivity contribution >= 4 is 95.2 Å². The second-order valence-corrected chi connectivity index (χ2v) is 26.8. The van der Waals surface area contributed by atoms with Gasteiger partial charge >= 0.3 is 5.97 Å². The second-order valence-electron chi connectivity index (χ2n) is 19.8. The molecule has 4 aromatic rings. The monoisotopic (exact) mass is 1240 g/mol. The fraction of sp³-hybridized carbons (Fsp3) is 0.472. The summed E-state index contributed by atoms with van der Waals surface area (Å²) >= 11 is 0. The van der Waals surface area contributed by atoms with Crippen molar-refractivity contribution in [3.05, 3.63) is 95.7 Å². The van der Waals surface area contributed by atoms with Gasteiger partial charge in [0.2, 0.25) is 5.69 Å². The smallest absolute Gasteiger partial charge is 0.303 e. The number of unbranched alkanes of at least 4 members (excludes halogenated alkanes) is 2. The normalized spacial score (nSPS) is 18.5. The van der Waals surface area contributed by atoms with E-state index in [0.29, 0.717) is 99.3 Å². The summed E-state index contributed by atoms with van der Waals surface area (Å²) < 4.78 is 215. The molecule has 0 amide bonds. The molecule has 0 fully saturated rings. The highest BCUT2D eigenvalue weighted by molar-refractivity contribution is 7.87. The number of carboxylic acids is 1. The third kappa shape index (κ3) is 16.0. The van der Waals surface area contributed by atoms with Gasteiger partial charge in [0.05, 0.1) is 83.6 Å². The van der Waals surface area contributed by atoms with Crippen LogP contribution in [-0.2, 0) is 89.9 Å². The van der Waals surface area contributed by atoms with Gasteiger partial charge in [0.15, 0.2) is 5.71 Å². The fourth-order valence-electron chi connectivity index (χ4n) is 10.7. The summed E-state index contributed by atoms with van der Waals surface area (Å²) in [4.78, 5) is 9.42. The molecule has 0 spiro atoms. The second kappa shape index (κ2) is 27.3. The van der Waals surface area contributed by atoms with Crippen LogP contribution in [0.25, 0.3) is 21.5 Å². The van der Waals surface area contributed by atoms with Gasteiger partial charge in [-0.3, -0.25) is 9.35 Å². The number of carbonyl (C=O) groups is 1. The van der Waals surface area contributed by atoms with E-state index >= 15 is 0 Å². The number of carboxylic acid groups (broad SMARTS) is 1. The molecule has 82 heavy (non-hydrogen) atoms. The number of hydrogen-bond acceptors (Lipinski definition) is 21. The number of methoxy groups -OCH3 is 1. The van der Waals surface area contributed by atoms with Crippen LogP contribution in [0.5, 0.6) is 0 Å². The highest BCUT2D eigenvalue weighted by Crippen LogP contribution is 2.54. The quantitative estimate of drug-likeness (QED) is 0.0269. The Balaban J connectivity index is 1.44. The highest BCUT2D eigenvalue weighted by atomic mass is 32.2. The SMILES string of the molecule is CCN1C(=CC=CC=CC2=[N+](CCCCCC(=O)O)c3ccc4c(S(=O)(=O)[O-])cc(S(=O)(=O)[O-])cc4c3C2(C)CCCS(=O)(=O)O)C(C)(CCOCCOCCOCCOCCOC)c2c1ccc1c(S(=O)(=O)[O-])cc(S(=O)(=O)[O-])cc21. The van der Waals surface area contributed by atoms with Crippen LogP contribution in [0.2, 0.25) is 0 Å². The molecule has 0 saturated heterocycles. The molecule has 2 heterocycles. The van der Waals surface area contributed by atoms with Gasteiger partial charge in [-0.1, -0.05) is 24.3 Å². The molecule has 2 N–H and O–H groups in total. The van der Waals surface area contributed by atoms with E-state index in [1.807, 2.05) is 18.7 Å². The molecule has 0 bridgehead atoms. The lowest BCUT2D eigenvalue weighted by Gasteiger charge is -2.30. The fourth-order valence-corrected chi connectivity index (χ4v) is 13.8. The number of fused-ring (bicyclic) bond motifs is 6. The first-order valence-electron chi connectivity index (χ1n) is 25.9. The summed E-state index contributed by atoms with van der Waals surface area (Å²) in [6, 6.07) is 8.78. The molecule has 2 aliphatic heterocycles. The third-order valence-electron chi connectivity index (χ3n) is 14.3. The zero-order valence-electron chi connectivity index (χ0n) is 45.4. The van der Waals surface area contributed by atoms with Crippen LogP contribution < -0.4 is 4.90 Å². The summed E-state index contributed by atoms with van der Waals surface area (Å²) in [7, 11) is -24.4. The average Bonchev–Trinajstić information content (AvgIpc) is 2.33. The molecule has 29 heteroatoms. The molecule has 2 aliphatic rings. The Morgan fingerprint density at radius 1 is 0.610 bits per heavy atom. The van der Waals surface area contributed by atoms with Crippen LogP contribution in [0.3, 0.4) is 0 Å². The van der Waals surface area contributed by atoms with Gasteiger partial charge in [-0.15, -0.1) is 0 Å². The van der Waals surface area contributed by atoms with E-state index in [1.165, 1.54) is 18.2 Å². The average molecular weight is 1240 g/mol. The number of ether oxygens (including phenoxy) is 5. The molecule has 0 saturated carbocycles. The molecule has 452 valence electrons. The lowest BCUT2D eigenvalue weighted by molar-refractivity contribution is -0.438. The third-order valence-corrected chi connectivity index (χ3v) is 18.5. The Kier molecular flexibility index (Phi) is 22.0. The van der Waals surface area contributed by atoms with Crippen LogP contribution in [0.1, 0.15) is 76.8 Å². The summed E-state index contributed by atoms with van der Waals surface area (Å²) in [5, 5.41) is 8.88. The minimum atomic E-state index is -5.42. The molecule has 6 rings (SSSR count). The minimum Gasteiger partial charge on any atom is -0.744 e. The molecule has 2 atom stereocenters. The van der Waals surface area contributed by atoms with Crippen LogP contribution in [0.4, 0.5) is 11.4 Å². The highest BCUT2D eigenvalue weighted by Gasteiger charge is 2.49. The zero-order valence-corrected chi connectivity index (χ0v) is 49.5. The Hall–Kier alpha value is -5.09. The van der Waals surface area contributed by atoms with Crippen molar-refractivity contribution in [2.75, 3.05) is 90.3 Å². The first-order chi connectivity index (χ1) is 38.4. The van der Waals surface area contributed by atoms with E-state index in [0.717, 1.165) is 12.1 Å². The predicted octanol–water partition coefficient (Wildman–Crippen LogP) is 5.18. The zero-order chi connectivity index (χ0) is 60.5. The maximum Gasteiger partial charge on any atom is 0.303 e. The van der Waals surface area contributed by atoms with Gasteiger partial charge in [-0.25, -0.2) is 33.7 Å². The molecule has 4 aromatic carbocycles. The van der Waals surface area contributed by atoms with Gasteiger partial charge < -0.3 is 51.9 Å². The standard InChI is InChI=1S/C53H68N2O22S5/c1-5-54-43-18-16-39-41(33-37(79(61,62)63)35-45(39)81(67,68)69)50(43)53(3,21-23-74-26-27-76-30-31-77-29-28-75-25-24-73-4)47(54)13-8-6-9-14-48-52(2,20-12-32-78(58,59)60)51-42-34-38(80(64,65)66)36-46(82(70,71)72)40(42)17-19-44(51)55(48)22-11-7-10-15-49(56)57/h6,8-9,13-14,16-19,33-36H,5,7,10-12,15,20-32H2,1-4H3,(H5-,56,57,58,59,60,61,62,63,64,65,66,67,68,69,70,71,72)/p-3. The lowest BCUT2D eigenvalue weighted by Crippen LogP contribution is -2.32. The molecular weight excluding hydrogens is 1180 g/mol. The van der Waals surface area contributed by atoms with E-state index < -0.39 is 92.7 Å². The molecule has 24 nitrogen and oxygen atoms in total. The number of likely N-dealkylation sites (N-methyl/N-ethyl adjacent to an activating group) is 1. The van der Waals surface area contributed by atoms with E-state index in [4.69, 9.17) is 23.7 Å². The molecular formula is C53H65N2O22S5-3. The Labute approximate surface area is 477 Å². The van der Waals surface area contributed by atoms with Crippen molar-refractivity contribution in [2.24, 2.45) is 0 Å². The van der Waals surface area contributed by atoms with Gasteiger partial charge in [0, 0.05) is 73.0 Å². The maximum absolute atomic E-state index is 12.7. The summed E-state index contributed by atoms with van der Waals surface area (Å²) in [6.07, 6.45) is 9.15. The number of hydrogen-bond donors (Lipinski definition) is 2. The molecule has 2 unspecified atom stereocenters. The van der Waals surface area contributed by atoms with Crippen molar-refractivity contribution in [1.82, 2.24) is 0 Å². The number of aliphatic carboxylic acids is 1. The number of rotatable bonds is 33. The number of allylic oxidation sites excluding steroid dienone is 6. The summed E-state index contributed by atoms with van der Waals surface area (Å²) in [6.45, 7) is 8.38. The summed E-state index contributed by atoms with van der Waals surface area (Å²) in [5.41, 5.74) is -0.0162. The Bertz CT molecular complexity index is 3750. The van der Waals surface area contributed by atoms with Crippen molar-refractivity contribution in [2.45, 2.75) is 96.1 Å².